The van der Waals surface area contributed by atoms with Crippen molar-refractivity contribution in [2.24, 2.45) is 5.11 Å². The van der Waals surface area contributed by atoms with Crippen molar-refractivity contribution in [3.63, 3.8) is 0 Å². The molecule has 218 valence electrons. The predicted octanol–water partition coefficient (Wildman–Crippen LogP) is 3.91. The van der Waals surface area contributed by atoms with E-state index in [9.17, 15) is 31.4 Å². The molecule has 3 N–H and O–H groups in total. The number of unbranched alkanes of at least 4 members (excludes halogenated alkanes) is 1. The molecule has 3 amide bonds. The minimum absolute atomic E-state index is 0.0598. The molecule has 2 saturated heterocycles. The Morgan fingerprint density at radius 1 is 1.22 bits per heavy atom. The number of hydrogen-bond acceptors (Lipinski definition) is 8. The van der Waals surface area contributed by atoms with E-state index in [0.29, 0.717) is 18.1 Å². The molecule has 19 heteroatoms. The van der Waals surface area contributed by atoms with Crippen LogP contribution in [-0.4, -0.2) is 66.1 Å². The standard InChI is InChI=1S/C22H21F4N9O3S3/c23-14-13(15(24)17(26)19(16(14)25)32-34-27)9-7-35-21(30-9)40-22(33-35)41(38)6-5-28-12(36)4-2-1-3-11-18-10(8-39-11)29-20(37)31-18/h7,10-11,18H,1-6,8H2,(H,28,36)(H2,29,31,37). The van der Waals surface area contributed by atoms with Crippen LogP contribution in [0.15, 0.2) is 15.7 Å². The number of hydrogen-bond donors (Lipinski definition) is 3. The van der Waals surface area contributed by atoms with Gasteiger partial charge in [0.25, 0.3) is 0 Å². The average Bonchev–Trinajstić information content (AvgIpc) is 3.69. The number of thioether (sulfide) groups is 1. The minimum atomic E-state index is -1.87. The zero-order valence-corrected chi connectivity index (χ0v) is 23.4. The second-order valence-corrected chi connectivity index (χ2v) is 13.1. The molecule has 2 fully saturated rings. The number of nitrogens with zero attached hydrogens (tertiary/aromatic N) is 6. The molecular weight excluding hydrogens is 610 g/mol. The number of carbonyl (C=O) groups excluding carboxylic acids is 2. The summed E-state index contributed by atoms with van der Waals surface area (Å²) in [5, 5.41) is 15.6. The number of halogens is 4. The van der Waals surface area contributed by atoms with E-state index in [1.807, 2.05) is 11.8 Å². The van der Waals surface area contributed by atoms with Gasteiger partial charge in [0, 0.05) is 34.6 Å². The molecule has 12 nitrogen and oxygen atoms in total. The number of benzene rings is 1. The smallest absolute Gasteiger partial charge is 0.315 e. The van der Waals surface area contributed by atoms with Crippen LogP contribution in [0.5, 0.6) is 0 Å². The summed E-state index contributed by atoms with van der Waals surface area (Å²) in [4.78, 5) is 29.8. The van der Waals surface area contributed by atoms with Crippen LogP contribution in [0.2, 0.25) is 0 Å². The lowest BCUT2D eigenvalue weighted by molar-refractivity contribution is -0.121. The van der Waals surface area contributed by atoms with Crippen molar-refractivity contribution in [3.05, 3.63) is 39.9 Å². The summed E-state index contributed by atoms with van der Waals surface area (Å²) in [6, 6.07) is 0.157. The molecule has 0 spiro atoms. The van der Waals surface area contributed by atoms with Crippen molar-refractivity contribution in [2.75, 3.05) is 18.1 Å². The molecule has 0 radical (unpaired) electrons. The molecule has 0 aliphatic carbocycles. The summed E-state index contributed by atoms with van der Waals surface area (Å²) in [6.07, 6.45) is 3.74. The summed E-state index contributed by atoms with van der Waals surface area (Å²) < 4.78 is 71.0. The second kappa shape index (κ2) is 12.2. The molecular formula is C22H21F4N9O3S3. The highest BCUT2D eigenvalue weighted by Gasteiger charge is 2.42. The number of fused-ring (bicyclic) bond motifs is 2. The Hall–Kier alpha value is -3.41. The van der Waals surface area contributed by atoms with Crippen LogP contribution in [0, 0.1) is 23.3 Å². The highest BCUT2D eigenvalue weighted by Crippen LogP contribution is 2.36. The van der Waals surface area contributed by atoms with Crippen LogP contribution in [0.3, 0.4) is 0 Å². The quantitative estimate of drug-likeness (QED) is 0.0552. The van der Waals surface area contributed by atoms with Gasteiger partial charge < -0.3 is 16.0 Å². The Bertz CT molecular complexity index is 1530. The van der Waals surface area contributed by atoms with Gasteiger partial charge >= 0.3 is 6.03 Å². The SMILES string of the molecule is [N-]=[N+]=Nc1c(F)c(F)c(-c2cn3nc(S(=O)CCNC(=O)CCCCC4SCC5NC(=O)NC54)sc3n2)c(F)c1F. The van der Waals surface area contributed by atoms with Crippen molar-refractivity contribution in [2.45, 2.75) is 47.4 Å². The highest BCUT2D eigenvalue weighted by molar-refractivity contribution is 8.00. The Kier molecular flexibility index (Phi) is 8.67. The third kappa shape index (κ3) is 5.98. The first-order chi connectivity index (χ1) is 19.7. The summed E-state index contributed by atoms with van der Waals surface area (Å²) in [5.74, 6) is -6.56. The topological polar surface area (TPSA) is 166 Å². The Morgan fingerprint density at radius 3 is 2.68 bits per heavy atom. The van der Waals surface area contributed by atoms with E-state index in [0.717, 1.165) is 40.6 Å². The third-order valence-electron chi connectivity index (χ3n) is 6.55. The van der Waals surface area contributed by atoms with E-state index in [2.05, 4.69) is 36.1 Å². The number of carbonyl (C=O) groups is 2. The molecule has 4 atom stereocenters. The van der Waals surface area contributed by atoms with Crippen LogP contribution in [0.1, 0.15) is 25.7 Å². The Morgan fingerprint density at radius 2 is 1.98 bits per heavy atom. The summed E-state index contributed by atoms with van der Waals surface area (Å²) in [7, 11) is -1.62. The molecule has 1 aromatic carbocycles. The van der Waals surface area contributed by atoms with Crippen molar-refractivity contribution in [1.82, 2.24) is 30.5 Å². The van der Waals surface area contributed by atoms with Gasteiger partial charge in [0.05, 0.1) is 40.3 Å². The van der Waals surface area contributed by atoms with Crippen LogP contribution < -0.4 is 16.0 Å². The van der Waals surface area contributed by atoms with Crippen molar-refractivity contribution >= 4 is 56.5 Å². The number of imidazole rings is 1. The Balaban J connectivity index is 1.10. The van der Waals surface area contributed by atoms with Gasteiger partial charge in [-0.1, -0.05) is 22.9 Å². The molecule has 41 heavy (non-hydrogen) atoms. The van der Waals surface area contributed by atoms with Gasteiger partial charge in [-0.25, -0.2) is 31.9 Å². The van der Waals surface area contributed by atoms with Crippen LogP contribution >= 0.6 is 23.1 Å². The molecule has 3 aromatic rings. The van der Waals surface area contributed by atoms with Gasteiger partial charge in [-0.2, -0.15) is 11.8 Å². The van der Waals surface area contributed by atoms with E-state index in [1.54, 1.807) is 0 Å². The number of aromatic nitrogens is 3. The first kappa shape index (κ1) is 29.1. The molecule has 0 saturated carbocycles. The van der Waals surface area contributed by atoms with E-state index < -0.39 is 51.0 Å². The van der Waals surface area contributed by atoms with Crippen LogP contribution in [0.25, 0.3) is 26.7 Å². The molecule has 4 heterocycles. The minimum Gasteiger partial charge on any atom is -0.355 e. The number of nitrogens with one attached hydrogen (secondary N) is 3. The Labute approximate surface area is 239 Å². The van der Waals surface area contributed by atoms with Gasteiger partial charge in [-0.3, -0.25) is 9.00 Å². The van der Waals surface area contributed by atoms with E-state index in [-0.39, 0.29) is 45.6 Å². The molecule has 2 aliphatic rings. The lowest BCUT2D eigenvalue weighted by Gasteiger charge is -2.16. The zero-order valence-electron chi connectivity index (χ0n) is 20.9. The lowest BCUT2D eigenvalue weighted by Crippen LogP contribution is -2.36. The van der Waals surface area contributed by atoms with Gasteiger partial charge in [0.2, 0.25) is 15.2 Å². The van der Waals surface area contributed by atoms with Gasteiger partial charge in [0.1, 0.15) is 5.69 Å². The van der Waals surface area contributed by atoms with Crippen molar-refractivity contribution in [1.29, 1.82) is 0 Å². The predicted molar refractivity (Wildman–Crippen MR) is 143 cm³/mol. The number of amides is 3. The molecule has 2 aromatic heterocycles. The van der Waals surface area contributed by atoms with Crippen LogP contribution in [0.4, 0.5) is 28.0 Å². The van der Waals surface area contributed by atoms with Gasteiger partial charge in [-0.05, 0) is 18.4 Å². The van der Waals surface area contributed by atoms with Crippen molar-refractivity contribution in [3.8, 4) is 11.3 Å². The molecule has 0 bridgehead atoms. The molecule has 5 rings (SSSR count). The van der Waals surface area contributed by atoms with E-state index in [1.165, 1.54) is 0 Å². The van der Waals surface area contributed by atoms with Crippen molar-refractivity contribution < 1.29 is 31.4 Å². The number of rotatable bonds is 11. The monoisotopic (exact) mass is 631 g/mol. The number of azide groups is 1. The summed E-state index contributed by atoms with van der Waals surface area (Å²) >= 11 is 2.66. The fourth-order valence-electron chi connectivity index (χ4n) is 4.60. The average molecular weight is 632 g/mol. The van der Waals surface area contributed by atoms with Gasteiger partial charge in [-0.15, -0.1) is 5.10 Å². The molecule has 2 aliphatic heterocycles. The normalized spacial score (nSPS) is 20.4. The first-order valence-corrected chi connectivity index (χ1v) is 15.5. The maximum Gasteiger partial charge on any atom is 0.315 e. The summed E-state index contributed by atoms with van der Waals surface area (Å²) in [5.41, 5.74) is 5.36. The first-order valence-electron chi connectivity index (χ1n) is 12.3. The second-order valence-electron chi connectivity index (χ2n) is 9.16. The zero-order chi connectivity index (χ0) is 29.3. The maximum atomic E-state index is 14.5. The largest absolute Gasteiger partial charge is 0.355 e. The van der Waals surface area contributed by atoms with E-state index in [4.69, 9.17) is 5.53 Å². The van der Waals surface area contributed by atoms with Gasteiger partial charge in [0.15, 0.2) is 23.3 Å². The van der Waals surface area contributed by atoms with Crippen LogP contribution in [-0.2, 0) is 15.6 Å². The third-order valence-corrected chi connectivity index (χ3v) is 10.6. The fraction of sp³-hybridized carbons (Fsp3) is 0.455. The molecule has 4 unspecified atom stereocenters. The highest BCUT2D eigenvalue weighted by atomic mass is 32.2. The lowest BCUT2D eigenvalue weighted by atomic mass is 10.0. The number of urea groups is 1. The van der Waals surface area contributed by atoms with E-state index >= 15 is 0 Å². The summed E-state index contributed by atoms with van der Waals surface area (Å²) in [6.45, 7) is 0.130. The maximum absolute atomic E-state index is 14.5. The fourth-order valence-corrected chi connectivity index (χ4v) is 8.25.